The highest BCUT2D eigenvalue weighted by Crippen LogP contribution is 2.26. The van der Waals surface area contributed by atoms with Crippen LogP contribution in [0.5, 0.6) is 11.5 Å². The molecule has 2 N–H and O–H groups in total. The van der Waals surface area contributed by atoms with Crippen molar-refractivity contribution in [2.24, 2.45) is 5.73 Å². The second-order valence-electron chi connectivity index (χ2n) is 3.45. The van der Waals surface area contributed by atoms with Gasteiger partial charge in [0, 0.05) is 6.20 Å². The number of ether oxygens (including phenoxy) is 1. The zero-order valence-electron chi connectivity index (χ0n) is 9.33. The quantitative estimate of drug-likeness (QED) is 0.884. The van der Waals surface area contributed by atoms with Crippen LogP contribution in [-0.2, 0) is 0 Å². The van der Waals surface area contributed by atoms with Crippen LogP contribution in [0, 0.1) is 11.3 Å². The van der Waals surface area contributed by atoms with Gasteiger partial charge in [0.15, 0.2) is 5.75 Å². The zero-order chi connectivity index (χ0) is 13.0. The molecular formula is C13H9N3O2. The monoisotopic (exact) mass is 239 g/mol. The lowest BCUT2D eigenvalue weighted by Crippen LogP contribution is -2.12. The lowest BCUT2D eigenvalue weighted by molar-refractivity contribution is 0.0998. The Hall–Kier alpha value is -2.87. The molecular weight excluding hydrogens is 230 g/mol. The zero-order valence-corrected chi connectivity index (χ0v) is 9.33. The van der Waals surface area contributed by atoms with Crippen molar-refractivity contribution in [3.05, 3.63) is 53.9 Å². The highest BCUT2D eigenvalue weighted by Gasteiger charge is 2.11. The Morgan fingerprint density at radius 1 is 1.28 bits per heavy atom. The average Bonchev–Trinajstić information content (AvgIpc) is 2.40. The number of hydrogen-bond acceptors (Lipinski definition) is 4. The highest BCUT2D eigenvalue weighted by molar-refractivity contribution is 5.95. The number of para-hydroxylation sites is 1. The number of nitrogens with two attached hydrogens (primary N) is 1. The molecule has 0 unspecified atom stereocenters. The Bertz CT molecular complexity index is 632. The summed E-state index contributed by atoms with van der Waals surface area (Å²) < 4.78 is 5.51. The van der Waals surface area contributed by atoms with Crippen LogP contribution in [0.3, 0.4) is 0 Å². The molecule has 0 aliphatic rings. The SMILES string of the molecule is N#Cc1ccncc1Oc1ccccc1C(N)=O. The van der Waals surface area contributed by atoms with Crippen molar-refractivity contribution in [3.8, 4) is 17.6 Å². The fourth-order valence-corrected chi connectivity index (χ4v) is 1.43. The van der Waals surface area contributed by atoms with Gasteiger partial charge in [-0.05, 0) is 18.2 Å². The Kier molecular flexibility index (Phi) is 3.21. The van der Waals surface area contributed by atoms with Crippen molar-refractivity contribution >= 4 is 5.91 Å². The van der Waals surface area contributed by atoms with E-state index in [2.05, 4.69) is 4.98 Å². The summed E-state index contributed by atoms with van der Waals surface area (Å²) in [5.74, 6) is -0.00352. The van der Waals surface area contributed by atoms with Gasteiger partial charge in [-0.1, -0.05) is 12.1 Å². The van der Waals surface area contributed by atoms with Gasteiger partial charge in [0.25, 0.3) is 5.91 Å². The van der Waals surface area contributed by atoms with Crippen LogP contribution in [0.15, 0.2) is 42.7 Å². The molecule has 0 atom stereocenters. The summed E-state index contributed by atoms with van der Waals surface area (Å²) in [5, 5.41) is 8.93. The van der Waals surface area contributed by atoms with Crippen molar-refractivity contribution in [1.82, 2.24) is 4.98 Å². The van der Waals surface area contributed by atoms with E-state index in [1.807, 2.05) is 6.07 Å². The van der Waals surface area contributed by atoms with Crippen LogP contribution in [0.25, 0.3) is 0 Å². The van der Waals surface area contributed by atoms with Crippen molar-refractivity contribution in [3.63, 3.8) is 0 Å². The first-order chi connectivity index (χ1) is 8.72. The summed E-state index contributed by atoms with van der Waals surface area (Å²) in [6.07, 6.45) is 2.90. The number of rotatable bonds is 3. The van der Waals surface area contributed by atoms with Crippen LogP contribution in [0.4, 0.5) is 0 Å². The molecule has 1 heterocycles. The van der Waals surface area contributed by atoms with Gasteiger partial charge in [0.1, 0.15) is 11.8 Å². The maximum absolute atomic E-state index is 11.2. The third kappa shape index (κ3) is 2.28. The minimum Gasteiger partial charge on any atom is -0.454 e. The molecule has 0 bridgehead atoms. The number of benzene rings is 1. The van der Waals surface area contributed by atoms with Gasteiger partial charge in [0.05, 0.1) is 17.3 Å². The molecule has 5 heteroatoms. The van der Waals surface area contributed by atoms with Crippen LogP contribution < -0.4 is 10.5 Å². The van der Waals surface area contributed by atoms with Gasteiger partial charge < -0.3 is 10.5 Å². The maximum Gasteiger partial charge on any atom is 0.252 e. The molecule has 0 fully saturated rings. The molecule has 0 aliphatic carbocycles. The number of aromatic nitrogens is 1. The second-order valence-corrected chi connectivity index (χ2v) is 3.45. The van der Waals surface area contributed by atoms with E-state index in [9.17, 15) is 4.79 Å². The molecule has 2 aromatic rings. The Morgan fingerprint density at radius 3 is 2.78 bits per heavy atom. The number of pyridine rings is 1. The Morgan fingerprint density at radius 2 is 2.06 bits per heavy atom. The summed E-state index contributed by atoms with van der Waals surface area (Å²) >= 11 is 0. The fraction of sp³-hybridized carbons (Fsp3) is 0. The van der Waals surface area contributed by atoms with E-state index < -0.39 is 5.91 Å². The van der Waals surface area contributed by atoms with E-state index in [1.54, 1.807) is 24.3 Å². The Balaban J connectivity index is 2.41. The van der Waals surface area contributed by atoms with Gasteiger partial charge in [0.2, 0.25) is 0 Å². The molecule has 1 aromatic heterocycles. The lowest BCUT2D eigenvalue weighted by Gasteiger charge is -2.09. The number of carbonyl (C=O) groups excluding carboxylic acids is 1. The van der Waals surface area contributed by atoms with E-state index in [1.165, 1.54) is 18.5 Å². The third-order valence-electron chi connectivity index (χ3n) is 2.28. The van der Waals surface area contributed by atoms with Crippen LogP contribution >= 0.6 is 0 Å². The first-order valence-corrected chi connectivity index (χ1v) is 5.13. The first-order valence-electron chi connectivity index (χ1n) is 5.13. The topological polar surface area (TPSA) is 89.0 Å². The van der Waals surface area contributed by atoms with Gasteiger partial charge >= 0.3 is 0 Å². The molecule has 88 valence electrons. The number of hydrogen-bond donors (Lipinski definition) is 1. The Labute approximate surface area is 103 Å². The minimum atomic E-state index is -0.590. The predicted molar refractivity (Wildman–Crippen MR) is 64.0 cm³/mol. The van der Waals surface area contributed by atoms with E-state index in [-0.39, 0.29) is 11.3 Å². The van der Waals surface area contributed by atoms with Crippen molar-refractivity contribution in [2.45, 2.75) is 0 Å². The normalized spacial score (nSPS) is 9.50. The van der Waals surface area contributed by atoms with Crippen molar-refractivity contribution in [1.29, 1.82) is 5.26 Å². The van der Waals surface area contributed by atoms with Crippen LogP contribution in [0.2, 0.25) is 0 Å². The fourth-order valence-electron chi connectivity index (χ4n) is 1.43. The molecule has 18 heavy (non-hydrogen) atoms. The number of carbonyl (C=O) groups is 1. The molecule has 0 saturated carbocycles. The van der Waals surface area contributed by atoms with Crippen molar-refractivity contribution in [2.75, 3.05) is 0 Å². The van der Waals surface area contributed by atoms with E-state index in [0.717, 1.165) is 0 Å². The molecule has 1 aromatic carbocycles. The lowest BCUT2D eigenvalue weighted by atomic mass is 10.2. The summed E-state index contributed by atoms with van der Waals surface area (Å²) in [7, 11) is 0. The van der Waals surface area contributed by atoms with Gasteiger partial charge in [-0.25, -0.2) is 0 Å². The standard InChI is InChI=1S/C13H9N3O2/c14-7-9-5-6-16-8-12(9)18-11-4-2-1-3-10(11)13(15)17/h1-6,8H,(H2,15,17). The predicted octanol–water partition coefficient (Wildman–Crippen LogP) is 1.84. The molecule has 0 radical (unpaired) electrons. The molecule has 5 nitrogen and oxygen atoms in total. The number of amides is 1. The van der Waals surface area contributed by atoms with Gasteiger partial charge in [-0.15, -0.1) is 0 Å². The third-order valence-corrected chi connectivity index (χ3v) is 2.28. The maximum atomic E-state index is 11.2. The van der Waals surface area contributed by atoms with Crippen molar-refractivity contribution < 1.29 is 9.53 Å². The van der Waals surface area contributed by atoms with Crippen LogP contribution in [-0.4, -0.2) is 10.9 Å². The molecule has 1 amide bonds. The van der Waals surface area contributed by atoms with E-state index in [4.69, 9.17) is 15.7 Å². The number of nitrogens with zero attached hydrogens (tertiary/aromatic N) is 2. The minimum absolute atomic E-state index is 0.255. The van der Waals surface area contributed by atoms with E-state index >= 15 is 0 Å². The second kappa shape index (κ2) is 4.97. The van der Waals surface area contributed by atoms with Gasteiger partial charge in [-0.2, -0.15) is 5.26 Å². The molecule has 0 aliphatic heterocycles. The van der Waals surface area contributed by atoms with Crippen LogP contribution in [0.1, 0.15) is 15.9 Å². The number of primary amides is 1. The summed E-state index contributed by atoms with van der Waals surface area (Å²) in [6.45, 7) is 0. The van der Waals surface area contributed by atoms with E-state index in [0.29, 0.717) is 11.3 Å². The number of nitriles is 1. The smallest absolute Gasteiger partial charge is 0.252 e. The highest BCUT2D eigenvalue weighted by atomic mass is 16.5. The average molecular weight is 239 g/mol. The summed E-state index contributed by atoms with van der Waals surface area (Å²) in [5.41, 5.74) is 5.83. The first kappa shape index (κ1) is 11.6. The molecule has 2 rings (SSSR count). The van der Waals surface area contributed by atoms with Gasteiger partial charge in [-0.3, -0.25) is 9.78 Å². The molecule has 0 saturated heterocycles. The summed E-state index contributed by atoms with van der Waals surface area (Å²) in [4.78, 5) is 15.1. The largest absolute Gasteiger partial charge is 0.454 e. The molecule has 0 spiro atoms. The summed E-state index contributed by atoms with van der Waals surface area (Å²) in [6, 6.07) is 10.1.